The molecule has 2 rings (SSSR count). The van der Waals surface area contributed by atoms with E-state index in [1.165, 1.54) is 4.90 Å². The number of nitrogens with one attached hydrogen (secondary N) is 1. The van der Waals surface area contributed by atoms with Crippen molar-refractivity contribution in [2.45, 2.75) is 33.4 Å². The van der Waals surface area contributed by atoms with Gasteiger partial charge in [0.2, 0.25) is 21.8 Å². The molecule has 7 nitrogen and oxygen atoms in total. The fraction of sp³-hybridized carbons (Fsp3) is 0.364. The fourth-order valence-corrected chi connectivity index (χ4v) is 4.52. The van der Waals surface area contributed by atoms with Gasteiger partial charge in [0.25, 0.3) is 0 Å². The number of aryl methyl sites for hydroxylation is 1. The molecule has 0 fully saturated rings. The molecule has 0 radical (unpaired) electrons. The van der Waals surface area contributed by atoms with Crippen molar-refractivity contribution in [3.8, 4) is 0 Å². The number of para-hydroxylation sites is 1. The van der Waals surface area contributed by atoms with Crippen LogP contribution >= 0.6 is 15.9 Å². The zero-order valence-electron chi connectivity index (χ0n) is 18.1. The van der Waals surface area contributed by atoms with Gasteiger partial charge in [-0.1, -0.05) is 42.0 Å². The van der Waals surface area contributed by atoms with Gasteiger partial charge in [-0.15, -0.1) is 0 Å². The van der Waals surface area contributed by atoms with Gasteiger partial charge in [-0.3, -0.25) is 13.9 Å². The van der Waals surface area contributed by atoms with Gasteiger partial charge in [0, 0.05) is 17.6 Å². The Kier molecular flexibility index (Phi) is 8.64. The molecule has 0 aliphatic heterocycles. The van der Waals surface area contributed by atoms with Gasteiger partial charge in [0.05, 0.1) is 11.9 Å². The molecule has 0 bridgehead atoms. The minimum Gasteiger partial charge on any atom is -0.355 e. The van der Waals surface area contributed by atoms with Crippen molar-refractivity contribution in [3.05, 3.63) is 64.1 Å². The number of anilines is 1. The predicted molar refractivity (Wildman–Crippen MR) is 126 cm³/mol. The number of likely N-dealkylation sites (N-methyl/N-ethyl adjacent to an activating group) is 1. The second-order valence-electron chi connectivity index (χ2n) is 7.30. The maximum absolute atomic E-state index is 13.3. The summed E-state index contributed by atoms with van der Waals surface area (Å²) < 4.78 is 26.6. The Morgan fingerprint density at radius 3 is 2.26 bits per heavy atom. The normalized spacial score (nSPS) is 12.2. The molecular formula is C22H28BrN3O4S. The minimum absolute atomic E-state index is 0.185. The lowest BCUT2D eigenvalue weighted by atomic mass is 10.1. The van der Waals surface area contributed by atoms with E-state index in [4.69, 9.17) is 0 Å². The monoisotopic (exact) mass is 509 g/mol. The summed E-state index contributed by atoms with van der Waals surface area (Å²) in [7, 11) is -3.75. The van der Waals surface area contributed by atoms with Crippen molar-refractivity contribution in [2.24, 2.45) is 0 Å². The average Bonchev–Trinajstić information content (AvgIpc) is 2.71. The number of carbonyl (C=O) groups excluding carboxylic acids is 2. The van der Waals surface area contributed by atoms with Crippen molar-refractivity contribution >= 4 is 43.5 Å². The molecule has 0 spiro atoms. The summed E-state index contributed by atoms with van der Waals surface area (Å²) in [6, 6.07) is 13.7. The molecule has 0 aliphatic rings. The molecule has 1 N–H and O–H groups in total. The van der Waals surface area contributed by atoms with E-state index >= 15 is 0 Å². The van der Waals surface area contributed by atoms with Gasteiger partial charge in [-0.25, -0.2) is 8.42 Å². The molecule has 0 saturated heterocycles. The highest BCUT2D eigenvalue weighted by Gasteiger charge is 2.30. The number of carbonyl (C=O) groups is 2. The summed E-state index contributed by atoms with van der Waals surface area (Å²) in [6.07, 6.45) is 1.05. The third-order valence-electron chi connectivity index (χ3n) is 4.79. The molecule has 168 valence electrons. The van der Waals surface area contributed by atoms with Crippen LogP contribution in [0.5, 0.6) is 0 Å². The first-order valence-corrected chi connectivity index (χ1v) is 12.5. The smallest absolute Gasteiger partial charge is 0.244 e. The van der Waals surface area contributed by atoms with Gasteiger partial charge in [0.15, 0.2) is 0 Å². The Hall–Kier alpha value is -2.39. The van der Waals surface area contributed by atoms with Crippen LogP contribution in [0.25, 0.3) is 0 Å². The zero-order chi connectivity index (χ0) is 23.2. The van der Waals surface area contributed by atoms with Gasteiger partial charge < -0.3 is 10.2 Å². The minimum atomic E-state index is -3.75. The number of rotatable bonds is 9. The van der Waals surface area contributed by atoms with Crippen LogP contribution in [0.15, 0.2) is 53.0 Å². The highest BCUT2D eigenvalue weighted by atomic mass is 79.9. The molecule has 2 aromatic rings. The molecule has 31 heavy (non-hydrogen) atoms. The molecule has 2 aromatic carbocycles. The molecule has 9 heteroatoms. The number of hydrogen-bond donors (Lipinski definition) is 1. The third kappa shape index (κ3) is 6.80. The summed E-state index contributed by atoms with van der Waals surface area (Å²) in [4.78, 5) is 27.2. The summed E-state index contributed by atoms with van der Waals surface area (Å²) in [5.74, 6) is -0.768. The lowest BCUT2D eigenvalue weighted by Crippen LogP contribution is -2.51. The van der Waals surface area contributed by atoms with Crippen LogP contribution in [0, 0.1) is 6.92 Å². The number of halogens is 1. The van der Waals surface area contributed by atoms with Crippen LogP contribution in [-0.4, -0.2) is 50.5 Å². The molecule has 0 aromatic heterocycles. The van der Waals surface area contributed by atoms with Gasteiger partial charge in [-0.2, -0.15) is 0 Å². The second kappa shape index (κ2) is 10.8. The molecule has 1 unspecified atom stereocenters. The van der Waals surface area contributed by atoms with Gasteiger partial charge in [0.1, 0.15) is 12.6 Å². The summed E-state index contributed by atoms with van der Waals surface area (Å²) in [6.45, 7) is 5.60. The Bertz CT molecular complexity index is 1030. The van der Waals surface area contributed by atoms with E-state index in [1.54, 1.807) is 38.1 Å². The van der Waals surface area contributed by atoms with Crippen LogP contribution in [0.1, 0.15) is 25.0 Å². The van der Waals surface area contributed by atoms with E-state index in [-0.39, 0.29) is 12.5 Å². The summed E-state index contributed by atoms with van der Waals surface area (Å²) in [5, 5.41) is 2.73. The van der Waals surface area contributed by atoms with Crippen LogP contribution in [0.4, 0.5) is 5.69 Å². The molecule has 0 aliphatic carbocycles. The maximum atomic E-state index is 13.3. The van der Waals surface area contributed by atoms with Gasteiger partial charge in [-0.05, 0) is 54.4 Å². The Morgan fingerprint density at radius 1 is 1.10 bits per heavy atom. The zero-order valence-corrected chi connectivity index (χ0v) is 20.5. The van der Waals surface area contributed by atoms with E-state index in [1.807, 2.05) is 31.2 Å². The van der Waals surface area contributed by atoms with E-state index in [9.17, 15) is 18.0 Å². The number of hydrogen-bond acceptors (Lipinski definition) is 4. The van der Waals surface area contributed by atoms with Crippen LogP contribution in [-0.2, 0) is 26.2 Å². The Labute approximate surface area is 192 Å². The fourth-order valence-electron chi connectivity index (χ4n) is 3.04. The summed E-state index contributed by atoms with van der Waals surface area (Å²) >= 11 is 3.35. The van der Waals surface area contributed by atoms with Crippen molar-refractivity contribution < 1.29 is 18.0 Å². The van der Waals surface area contributed by atoms with Crippen molar-refractivity contribution in [3.63, 3.8) is 0 Å². The first kappa shape index (κ1) is 24.9. The highest BCUT2D eigenvalue weighted by Crippen LogP contribution is 2.28. The molecule has 0 heterocycles. The highest BCUT2D eigenvalue weighted by molar-refractivity contribution is 9.10. The van der Waals surface area contributed by atoms with Crippen molar-refractivity contribution in [1.29, 1.82) is 0 Å². The molecule has 0 saturated carbocycles. The molecule has 2 amide bonds. The number of benzene rings is 2. The lowest BCUT2D eigenvalue weighted by Gasteiger charge is -2.31. The maximum Gasteiger partial charge on any atom is 0.244 e. The number of nitrogens with zero attached hydrogens (tertiary/aromatic N) is 2. The second-order valence-corrected chi connectivity index (χ2v) is 10.1. The van der Waals surface area contributed by atoms with E-state index in [2.05, 4.69) is 21.2 Å². The lowest BCUT2D eigenvalue weighted by molar-refractivity contribution is -0.139. The third-order valence-corrected chi connectivity index (χ3v) is 6.59. The van der Waals surface area contributed by atoms with Crippen LogP contribution < -0.4 is 9.62 Å². The van der Waals surface area contributed by atoms with Crippen molar-refractivity contribution in [1.82, 2.24) is 10.2 Å². The first-order chi connectivity index (χ1) is 14.5. The van der Waals surface area contributed by atoms with E-state index in [0.717, 1.165) is 21.7 Å². The van der Waals surface area contributed by atoms with Crippen LogP contribution in [0.3, 0.4) is 0 Å². The standard InChI is InChI=1S/C22H28BrN3O4S/c1-5-24-22(28)17(3)25(14-18-12-10-16(2)11-13-18)21(27)15-26(31(4,29)30)20-9-7-6-8-19(20)23/h6-13,17H,5,14-15H2,1-4H3,(H,24,28). The topological polar surface area (TPSA) is 86.8 Å². The summed E-state index contributed by atoms with van der Waals surface area (Å²) in [5.41, 5.74) is 2.29. The van der Waals surface area contributed by atoms with Crippen molar-refractivity contribution in [2.75, 3.05) is 23.7 Å². The predicted octanol–water partition coefficient (Wildman–Crippen LogP) is 3.08. The van der Waals surface area contributed by atoms with Gasteiger partial charge >= 0.3 is 0 Å². The molecular weight excluding hydrogens is 482 g/mol. The molecule has 1 atom stereocenters. The first-order valence-electron chi connectivity index (χ1n) is 9.89. The SMILES string of the molecule is CCNC(=O)C(C)N(Cc1ccc(C)cc1)C(=O)CN(c1ccccc1Br)S(C)(=O)=O. The quantitative estimate of drug-likeness (QED) is 0.562. The van der Waals surface area contributed by atoms with Crippen LogP contribution in [0.2, 0.25) is 0 Å². The van der Waals surface area contributed by atoms with E-state index < -0.39 is 28.5 Å². The largest absolute Gasteiger partial charge is 0.355 e. The number of sulfonamides is 1. The Balaban J connectivity index is 2.38. The number of amides is 2. The van der Waals surface area contributed by atoms with E-state index in [0.29, 0.717) is 16.7 Å². The Morgan fingerprint density at radius 2 is 1.71 bits per heavy atom. The average molecular weight is 510 g/mol.